The number of carbonyl (C=O) groups excluding carboxylic acids is 1. The number of piperazine rings is 1. The van der Waals surface area contributed by atoms with Crippen molar-refractivity contribution in [2.45, 2.75) is 32.2 Å². The Morgan fingerprint density at radius 2 is 1.89 bits per heavy atom. The molecule has 0 aromatic heterocycles. The number of amides is 1. The van der Waals surface area contributed by atoms with Gasteiger partial charge in [0.05, 0.1) is 0 Å². The zero-order valence-corrected chi connectivity index (χ0v) is 12.8. The van der Waals surface area contributed by atoms with E-state index in [4.69, 9.17) is 5.73 Å². The number of rotatable bonds is 7. The van der Waals surface area contributed by atoms with Crippen molar-refractivity contribution in [2.24, 2.45) is 5.73 Å². The second kappa shape index (κ2) is 8.51. The van der Waals surface area contributed by atoms with Crippen molar-refractivity contribution in [3.05, 3.63) is 0 Å². The molecule has 1 atom stereocenters. The Morgan fingerprint density at radius 1 is 1.26 bits per heavy atom. The van der Waals surface area contributed by atoms with Gasteiger partial charge in [-0.25, -0.2) is 0 Å². The summed E-state index contributed by atoms with van der Waals surface area (Å²) >= 11 is 0. The SMILES string of the molecule is CCC(CN)N1CCN(CCCC(=O)N(C)C)CC1. The molecule has 1 heterocycles. The quantitative estimate of drug-likeness (QED) is 0.718. The maximum Gasteiger partial charge on any atom is 0.222 e. The lowest BCUT2D eigenvalue weighted by molar-refractivity contribution is -0.128. The van der Waals surface area contributed by atoms with Crippen LogP contribution in [0.3, 0.4) is 0 Å². The van der Waals surface area contributed by atoms with Gasteiger partial charge in [-0.15, -0.1) is 0 Å². The Labute approximate surface area is 117 Å². The summed E-state index contributed by atoms with van der Waals surface area (Å²) < 4.78 is 0. The lowest BCUT2D eigenvalue weighted by Gasteiger charge is -2.38. The smallest absolute Gasteiger partial charge is 0.222 e. The number of hydrogen-bond acceptors (Lipinski definition) is 4. The van der Waals surface area contributed by atoms with Gasteiger partial charge in [0.1, 0.15) is 0 Å². The van der Waals surface area contributed by atoms with Crippen LogP contribution in [0.4, 0.5) is 0 Å². The van der Waals surface area contributed by atoms with Gasteiger partial charge >= 0.3 is 0 Å². The molecule has 1 fully saturated rings. The molecule has 1 rings (SSSR count). The van der Waals surface area contributed by atoms with Gasteiger partial charge in [-0.2, -0.15) is 0 Å². The lowest BCUT2D eigenvalue weighted by atomic mass is 10.1. The highest BCUT2D eigenvalue weighted by atomic mass is 16.2. The van der Waals surface area contributed by atoms with Crippen molar-refractivity contribution < 1.29 is 4.79 Å². The minimum absolute atomic E-state index is 0.229. The van der Waals surface area contributed by atoms with Gasteiger partial charge in [0.15, 0.2) is 0 Å². The van der Waals surface area contributed by atoms with Crippen molar-refractivity contribution >= 4 is 5.91 Å². The summed E-state index contributed by atoms with van der Waals surface area (Å²) in [5.41, 5.74) is 5.79. The largest absolute Gasteiger partial charge is 0.349 e. The van der Waals surface area contributed by atoms with E-state index in [0.717, 1.165) is 52.1 Å². The summed E-state index contributed by atoms with van der Waals surface area (Å²) in [7, 11) is 3.64. The van der Waals surface area contributed by atoms with Crippen LogP contribution in [-0.4, -0.2) is 80.0 Å². The van der Waals surface area contributed by atoms with Crippen LogP contribution in [-0.2, 0) is 4.79 Å². The van der Waals surface area contributed by atoms with E-state index in [1.54, 1.807) is 4.90 Å². The fraction of sp³-hybridized carbons (Fsp3) is 0.929. The van der Waals surface area contributed by atoms with Gasteiger partial charge < -0.3 is 15.5 Å². The molecule has 19 heavy (non-hydrogen) atoms. The Balaban J connectivity index is 2.18. The normalized spacial score (nSPS) is 19.4. The summed E-state index contributed by atoms with van der Waals surface area (Å²) in [4.78, 5) is 18.1. The van der Waals surface area contributed by atoms with Crippen molar-refractivity contribution in [1.82, 2.24) is 14.7 Å². The zero-order valence-electron chi connectivity index (χ0n) is 12.8. The minimum atomic E-state index is 0.229. The summed E-state index contributed by atoms with van der Waals surface area (Å²) in [5, 5.41) is 0. The molecule has 0 saturated carbocycles. The third-order valence-corrected chi connectivity index (χ3v) is 4.03. The van der Waals surface area contributed by atoms with E-state index in [0.29, 0.717) is 12.5 Å². The van der Waals surface area contributed by atoms with Crippen LogP contribution >= 0.6 is 0 Å². The van der Waals surface area contributed by atoms with E-state index in [1.165, 1.54) is 0 Å². The fourth-order valence-electron chi connectivity index (χ4n) is 2.60. The third kappa shape index (κ3) is 5.47. The molecule has 0 spiro atoms. The van der Waals surface area contributed by atoms with Crippen molar-refractivity contribution in [1.29, 1.82) is 0 Å². The highest BCUT2D eigenvalue weighted by Gasteiger charge is 2.21. The van der Waals surface area contributed by atoms with Crippen LogP contribution in [0, 0.1) is 0 Å². The number of hydrogen-bond donors (Lipinski definition) is 1. The molecule has 0 aromatic carbocycles. The summed E-state index contributed by atoms with van der Waals surface area (Å²) in [6.45, 7) is 8.42. The Morgan fingerprint density at radius 3 is 2.37 bits per heavy atom. The first-order valence-electron chi connectivity index (χ1n) is 7.45. The summed E-state index contributed by atoms with van der Waals surface area (Å²) in [6.07, 6.45) is 2.76. The molecule has 1 amide bonds. The molecule has 0 aliphatic carbocycles. The zero-order chi connectivity index (χ0) is 14.3. The Kier molecular flexibility index (Phi) is 7.34. The van der Waals surface area contributed by atoms with Gasteiger partial charge in [-0.3, -0.25) is 9.69 Å². The molecule has 1 saturated heterocycles. The van der Waals surface area contributed by atoms with E-state index in [2.05, 4.69) is 16.7 Å². The monoisotopic (exact) mass is 270 g/mol. The Hall–Kier alpha value is -0.650. The topological polar surface area (TPSA) is 52.8 Å². The first kappa shape index (κ1) is 16.4. The van der Waals surface area contributed by atoms with E-state index in [9.17, 15) is 4.79 Å². The van der Waals surface area contributed by atoms with Gasteiger partial charge in [-0.05, 0) is 19.4 Å². The minimum Gasteiger partial charge on any atom is -0.349 e. The molecule has 1 unspecified atom stereocenters. The van der Waals surface area contributed by atoms with Crippen molar-refractivity contribution in [2.75, 3.05) is 53.4 Å². The van der Waals surface area contributed by atoms with Gasteiger partial charge in [0.2, 0.25) is 5.91 Å². The number of carbonyl (C=O) groups is 1. The van der Waals surface area contributed by atoms with Crippen LogP contribution in [0.1, 0.15) is 26.2 Å². The highest BCUT2D eigenvalue weighted by Crippen LogP contribution is 2.09. The molecule has 1 aliphatic rings. The molecule has 2 N–H and O–H groups in total. The maximum atomic E-state index is 11.5. The third-order valence-electron chi connectivity index (χ3n) is 4.03. The number of nitrogens with zero attached hydrogens (tertiary/aromatic N) is 3. The van der Waals surface area contributed by atoms with E-state index < -0.39 is 0 Å². The fourth-order valence-corrected chi connectivity index (χ4v) is 2.60. The molecule has 5 heteroatoms. The molecule has 0 radical (unpaired) electrons. The second-order valence-corrected chi connectivity index (χ2v) is 5.57. The predicted octanol–water partition coefficient (Wildman–Crippen LogP) is 0.210. The summed E-state index contributed by atoms with van der Waals surface area (Å²) in [5.74, 6) is 0.229. The van der Waals surface area contributed by atoms with Crippen molar-refractivity contribution in [3.63, 3.8) is 0 Å². The highest BCUT2D eigenvalue weighted by molar-refractivity contribution is 5.75. The van der Waals surface area contributed by atoms with Gasteiger partial charge in [-0.1, -0.05) is 6.92 Å². The van der Waals surface area contributed by atoms with E-state index in [1.807, 2.05) is 14.1 Å². The molecule has 0 aromatic rings. The van der Waals surface area contributed by atoms with E-state index in [-0.39, 0.29) is 5.91 Å². The average molecular weight is 270 g/mol. The molecule has 112 valence electrons. The first-order valence-corrected chi connectivity index (χ1v) is 7.45. The first-order chi connectivity index (χ1) is 9.08. The van der Waals surface area contributed by atoms with Crippen LogP contribution in [0.15, 0.2) is 0 Å². The molecular weight excluding hydrogens is 240 g/mol. The van der Waals surface area contributed by atoms with Gasteiger partial charge in [0, 0.05) is 59.3 Å². The predicted molar refractivity (Wildman–Crippen MR) is 79.1 cm³/mol. The van der Waals surface area contributed by atoms with Crippen molar-refractivity contribution in [3.8, 4) is 0 Å². The van der Waals surface area contributed by atoms with Crippen LogP contribution in [0.2, 0.25) is 0 Å². The lowest BCUT2D eigenvalue weighted by Crippen LogP contribution is -2.52. The second-order valence-electron chi connectivity index (χ2n) is 5.57. The molecular formula is C14H30N4O. The van der Waals surface area contributed by atoms with Gasteiger partial charge in [0.25, 0.3) is 0 Å². The average Bonchev–Trinajstić information content (AvgIpc) is 2.41. The van der Waals surface area contributed by atoms with Crippen LogP contribution < -0.4 is 5.73 Å². The standard InChI is InChI=1S/C14H30N4O/c1-4-13(12-15)18-10-8-17(9-11-18)7-5-6-14(19)16(2)3/h13H,4-12,15H2,1-3H3. The van der Waals surface area contributed by atoms with E-state index >= 15 is 0 Å². The van der Waals surface area contributed by atoms with Crippen LogP contribution in [0.5, 0.6) is 0 Å². The summed E-state index contributed by atoms with van der Waals surface area (Å²) in [6, 6.07) is 0.539. The van der Waals surface area contributed by atoms with Crippen LogP contribution in [0.25, 0.3) is 0 Å². The number of nitrogens with two attached hydrogens (primary N) is 1. The maximum absolute atomic E-state index is 11.5. The Bertz CT molecular complexity index is 258. The molecule has 0 bridgehead atoms. The molecule has 1 aliphatic heterocycles. The molecule has 5 nitrogen and oxygen atoms in total.